The van der Waals surface area contributed by atoms with E-state index in [2.05, 4.69) is 17.1 Å². The maximum atomic E-state index is 13.7. The van der Waals surface area contributed by atoms with Gasteiger partial charge in [0.2, 0.25) is 0 Å². The van der Waals surface area contributed by atoms with Gasteiger partial charge in [-0.05, 0) is 6.42 Å². The summed E-state index contributed by atoms with van der Waals surface area (Å²) in [5.74, 6) is -6.69. The van der Waals surface area contributed by atoms with Crippen LogP contribution in [0.1, 0.15) is 13.3 Å². The number of hydrazine groups is 1. The van der Waals surface area contributed by atoms with Crippen LogP contribution in [0, 0.1) is 5.92 Å². The topological polar surface area (TPSA) is 48.9 Å². The Morgan fingerprint density at radius 3 is 2.26 bits per heavy atom. The van der Waals surface area contributed by atoms with Crippen LogP contribution in [-0.2, 0) is 4.84 Å². The van der Waals surface area contributed by atoms with Gasteiger partial charge < -0.3 is 5.01 Å². The summed E-state index contributed by atoms with van der Waals surface area (Å²) in [5.41, 5.74) is 0.502. The largest absolute Gasteiger partial charge is 0.455 e. The van der Waals surface area contributed by atoms with Gasteiger partial charge in [-0.3, -0.25) is 0 Å². The molecule has 154 valence electrons. The third kappa shape index (κ3) is 3.74. The lowest BCUT2D eigenvalue weighted by Crippen LogP contribution is -2.56. The fourth-order valence-electron chi connectivity index (χ4n) is 2.72. The molecule has 2 rings (SSSR count). The Balaban J connectivity index is 2.56. The van der Waals surface area contributed by atoms with Gasteiger partial charge in [0, 0.05) is 13.0 Å². The molecular weight excluding hydrogens is 392 g/mol. The van der Waals surface area contributed by atoms with Gasteiger partial charge in [-0.25, -0.2) is 20.7 Å². The SMILES string of the molecule is C=C[C@H](CC)[C@@H]1N=C(C2=C(C(F)(F)F)C(C(F)(F)C(F)(F)F)NN2C)NO1. The zero-order valence-electron chi connectivity index (χ0n) is 14.1. The predicted octanol–water partition coefficient (Wildman–Crippen LogP) is 3.29. The fraction of sp³-hybridized carbons (Fsp3) is 0.643. The van der Waals surface area contributed by atoms with Crippen LogP contribution < -0.4 is 10.9 Å². The number of amidine groups is 1. The van der Waals surface area contributed by atoms with Crippen molar-refractivity contribution in [2.24, 2.45) is 10.9 Å². The third-order valence-corrected chi connectivity index (χ3v) is 4.15. The highest BCUT2D eigenvalue weighted by atomic mass is 19.4. The molecule has 0 saturated carbocycles. The molecule has 1 unspecified atom stereocenters. The average Bonchev–Trinajstić information content (AvgIpc) is 3.11. The molecule has 0 aromatic heterocycles. The van der Waals surface area contributed by atoms with Crippen molar-refractivity contribution in [3.8, 4) is 0 Å². The van der Waals surface area contributed by atoms with Crippen molar-refractivity contribution in [3.05, 3.63) is 23.9 Å². The van der Waals surface area contributed by atoms with E-state index in [0.29, 0.717) is 11.4 Å². The Kier molecular flexibility index (Phi) is 5.49. The summed E-state index contributed by atoms with van der Waals surface area (Å²) >= 11 is 0. The fourth-order valence-corrected chi connectivity index (χ4v) is 2.72. The van der Waals surface area contributed by atoms with Crippen molar-refractivity contribution < 1.29 is 40.0 Å². The van der Waals surface area contributed by atoms with Crippen LogP contribution in [0.4, 0.5) is 35.1 Å². The zero-order valence-corrected chi connectivity index (χ0v) is 14.1. The van der Waals surface area contributed by atoms with Crippen LogP contribution in [0.3, 0.4) is 0 Å². The van der Waals surface area contributed by atoms with Gasteiger partial charge >= 0.3 is 18.3 Å². The van der Waals surface area contributed by atoms with E-state index in [0.717, 1.165) is 7.05 Å². The molecule has 13 heteroatoms. The molecule has 2 heterocycles. The highest BCUT2D eigenvalue weighted by molar-refractivity contribution is 5.99. The van der Waals surface area contributed by atoms with Gasteiger partial charge in [0.15, 0.2) is 12.1 Å². The summed E-state index contributed by atoms with van der Waals surface area (Å²) in [7, 11) is 0.871. The minimum absolute atomic E-state index is 0.406. The maximum absolute atomic E-state index is 13.7. The molecule has 0 bridgehead atoms. The summed E-state index contributed by atoms with van der Waals surface area (Å²) in [4.78, 5) is 8.88. The Morgan fingerprint density at radius 2 is 1.81 bits per heavy atom. The molecule has 5 nitrogen and oxygen atoms in total. The van der Waals surface area contributed by atoms with Gasteiger partial charge in [0.1, 0.15) is 11.7 Å². The quantitative estimate of drug-likeness (QED) is 0.542. The molecule has 0 fully saturated rings. The van der Waals surface area contributed by atoms with Gasteiger partial charge in [-0.15, -0.1) is 6.58 Å². The maximum Gasteiger partial charge on any atom is 0.455 e. The first kappa shape index (κ1) is 21.4. The molecule has 0 aromatic rings. The Hall–Kier alpha value is -1.89. The first-order chi connectivity index (χ1) is 12.3. The summed E-state index contributed by atoms with van der Waals surface area (Å²) in [6.45, 7) is 5.25. The van der Waals surface area contributed by atoms with E-state index in [1.165, 1.54) is 11.5 Å². The van der Waals surface area contributed by atoms with Crippen molar-refractivity contribution in [2.45, 2.75) is 43.9 Å². The second-order valence-corrected chi connectivity index (χ2v) is 5.90. The number of nitrogens with one attached hydrogen (secondary N) is 2. The first-order valence-corrected chi connectivity index (χ1v) is 7.63. The molecule has 0 radical (unpaired) electrons. The molecular formula is C14H16F8N4O. The lowest BCUT2D eigenvalue weighted by Gasteiger charge is -2.28. The summed E-state index contributed by atoms with van der Waals surface area (Å²) in [6.07, 6.45) is -10.8. The van der Waals surface area contributed by atoms with Crippen molar-refractivity contribution in [3.63, 3.8) is 0 Å². The number of likely N-dealkylation sites (N-methyl/N-ethyl adjacent to an activating group) is 1. The number of aliphatic imine (C=N–C) groups is 1. The minimum atomic E-state index is -6.20. The number of nitrogens with zero attached hydrogens (tertiary/aromatic N) is 2. The van der Waals surface area contributed by atoms with E-state index in [-0.39, 0.29) is 0 Å². The lowest BCUT2D eigenvalue weighted by molar-refractivity contribution is -0.293. The van der Waals surface area contributed by atoms with E-state index in [4.69, 9.17) is 4.84 Å². The predicted molar refractivity (Wildman–Crippen MR) is 78.2 cm³/mol. The molecule has 0 amide bonds. The Bertz CT molecular complexity index is 654. The summed E-state index contributed by atoms with van der Waals surface area (Å²) in [5, 5.41) is 0.416. The van der Waals surface area contributed by atoms with E-state index < -0.39 is 53.6 Å². The average molecular weight is 408 g/mol. The number of hydrogen-bond acceptors (Lipinski definition) is 5. The van der Waals surface area contributed by atoms with Gasteiger partial charge in [-0.2, -0.15) is 35.1 Å². The zero-order chi connectivity index (χ0) is 20.8. The van der Waals surface area contributed by atoms with Crippen LogP contribution in [0.2, 0.25) is 0 Å². The second-order valence-electron chi connectivity index (χ2n) is 5.90. The third-order valence-electron chi connectivity index (χ3n) is 4.15. The standard InChI is InChI=1S/C14H16F8N4O/c1-4-6(5-2)11-23-10(25-27-11)8-7(13(17,18)19)9(24-26(8)3)12(15,16)14(20,21)22/h4,6,9,11,24H,1,5H2,2-3H3,(H,23,25)/t6-,9?,11-/m1/s1. The van der Waals surface area contributed by atoms with Crippen LogP contribution in [0.15, 0.2) is 28.9 Å². The molecule has 0 spiro atoms. The Labute approximate surface area is 148 Å². The van der Waals surface area contributed by atoms with Crippen LogP contribution in [0.25, 0.3) is 0 Å². The monoisotopic (exact) mass is 408 g/mol. The van der Waals surface area contributed by atoms with Crippen LogP contribution in [0.5, 0.6) is 0 Å². The van der Waals surface area contributed by atoms with E-state index >= 15 is 0 Å². The molecule has 2 aliphatic rings. The molecule has 2 aliphatic heterocycles. The highest BCUT2D eigenvalue weighted by Gasteiger charge is 2.68. The van der Waals surface area contributed by atoms with Crippen molar-refractivity contribution in [2.75, 3.05) is 7.05 Å². The molecule has 0 aromatic carbocycles. The first-order valence-electron chi connectivity index (χ1n) is 7.63. The number of hydroxylamine groups is 1. The lowest BCUT2D eigenvalue weighted by atomic mass is 9.99. The molecule has 0 saturated heterocycles. The van der Waals surface area contributed by atoms with Gasteiger partial charge in [0.25, 0.3) is 0 Å². The number of rotatable bonds is 5. The molecule has 0 aliphatic carbocycles. The van der Waals surface area contributed by atoms with Crippen LogP contribution in [-0.4, -0.2) is 48.4 Å². The van der Waals surface area contributed by atoms with Crippen molar-refractivity contribution in [1.82, 2.24) is 15.9 Å². The molecule has 27 heavy (non-hydrogen) atoms. The summed E-state index contributed by atoms with van der Waals surface area (Å²) < 4.78 is 106. The van der Waals surface area contributed by atoms with Crippen molar-refractivity contribution >= 4 is 5.84 Å². The minimum Gasteiger partial charge on any atom is -0.307 e. The smallest absolute Gasteiger partial charge is 0.307 e. The van der Waals surface area contributed by atoms with Crippen molar-refractivity contribution in [1.29, 1.82) is 0 Å². The number of alkyl halides is 8. The summed E-state index contributed by atoms with van der Waals surface area (Å²) in [6, 6.07) is -3.37. The second kappa shape index (κ2) is 6.93. The van der Waals surface area contributed by atoms with E-state index in [1.54, 1.807) is 6.92 Å². The van der Waals surface area contributed by atoms with E-state index in [1.807, 2.05) is 0 Å². The Morgan fingerprint density at radius 1 is 1.22 bits per heavy atom. The van der Waals surface area contributed by atoms with Gasteiger partial charge in [0.05, 0.1) is 5.57 Å². The molecule has 2 N–H and O–H groups in total. The molecule has 3 atom stereocenters. The van der Waals surface area contributed by atoms with Crippen LogP contribution >= 0.6 is 0 Å². The normalized spacial score (nSPS) is 25.6. The highest BCUT2D eigenvalue weighted by Crippen LogP contribution is 2.47. The number of halogens is 8. The van der Waals surface area contributed by atoms with E-state index in [9.17, 15) is 35.1 Å². The number of hydrogen-bond donors (Lipinski definition) is 2. The van der Waals surface area contributed by atoms with Gasteiger partial charge in [-0.1, -0.05) is 13.0 Å².